The van der Waals surface area contributed by atoms with E-state index in [1.165, 1.54) is 35.9 Å². The van der Waals surface area contributed by atoms with E-state index in [4.69, 9.17) is 4.74 Å². The molecule has 0 saturated heterocycles. The molecule has 1 N–H and O–H groups in total. The molecule has 0 atom stereocenters. The Kier molecular flexibility index (Phi) is 4.78. The van der Waals surface area contributed by atoms with E-state index >= 15 is 0 Å². The van der Waals surface area contributed by atoms with Crippen LogP contribution in [0.25, 0.3) is 16.7 Å². The summed E-state index contributed by atoms with van der Waals surface area (Å²) in [6.07, 6.45) is 1.57. The number of amides is 1. The first-order valence-corrected chi connectivity index (χ1v) is 8.80. The largest absolute Gasteiger partial charge is 0.495 e. The van der Waals surface area contributed by atoms with E-state index in [-0.39, 0.29) is 11.3 Å². The Morgan fingerprint density at radius 2 is 1.76 bits per heavy atom. The van der Waals surface area contributed by atoms with Crippen molar-refractivity contribution in [3.63, 3.8) is 0 Å². The highest BCUT2D eigenvalue weighted by atomic mass is 19.1. The monoisotopic (exact) mass is 389 g/mol. The van der Waals surface area contributed by atoms with Crippen LogP contribution in [-0.2, 0) is 0 Å². The summed E-state index contributed by atoms with van der Waals surface area (Å²) in [6.45, 7) is 0. The first-order valence-electron chi connectivity index (χ1n) is 8.80. The van der Waals surface area contributed by atoms with Crippen molar-refractivity contribution in [3.05, 3.63) is 94.7 Å². The third kappa shape index (κ3) is 3.34. The summed E-state index contributed by atoms with van der Waals surface area (Å²) in [6, 6.07) is 17.6. The van der Waals surface area contributed by atoms with Gasteiger partial charge < -0.3 is 10.1 Å². The molecule has 7 heteroatoms. The lowest BCUT2D eigenvalue weighted by Crippen LogP contribution is -2.30. The smallest absolute Gasteiger partial charge is 0.273 e. The topological polar surface area (TPSA) is 73.2 Å². The van der Waals surface area contributed by atoms with Gasteiger partial charge in [-0.25, -0.2) is 9.37 Å². The second kappa shape index (κ2) is 7.55. The average Bonchev–Trinajstić information content (AvgIpc) is 2.75. The highest BCUT2D eigenvalue weighted by Gasteiger charge is 2.24. The van der Waals surface area contributed by atoms with Crippen LogP contribution in [0.5, 0.6) is 5.75 Å². The molecule has 144 valence electrons. The number of hydrogen-bond donors (Lipinski definition) is 1. The van der Waals surface area contributed by atoms with Crippen molar-refractivity contribution in [1.82, 2.24) is 9.55 Å². The Labute approximate surface area is 165 Å². The van der Waals surface area contributed by atoms with Crippen LogP contribution >= 0.6 is 0 Å². The molecule has 29 heavy (non-hydrogen) atoms. The van der Waals surface area contributed by atoms with Gasteiger partial charge in [0.1, 0.15) is 17.1 Å². The Bertz CT molecular complexity index is 1250. The number of ether oxygens (including phenoxy) is 1. The maximum Gasteiger partial charge on any atom is 0.273 e. The molecular weight excluding hydrogens is 373 g/mol. The fourth-order valence-corrected chi connectivity index (χ4v) is 3.15. The van der Waals surface area contributed by atoms with Crippen molar-refractivity contribution in [1.29, 1.82) is 0 Å². The maximum atomic E-state index is 13.4. The fourth-order valence-electron chi connectivity index (χ4n) is 3.15. The molecule has 0 aliphatic rings. The lowest BCUT2D eigenvalue weighted by molar-refractivity contribution is 0.102. The predicted molar refractivity (Wildman–Crippen MR) is 108 cm³/mol. The number of aromatic nitrogens is 2. The highest BCUT2D eigenvalue weighted by molar-refractivity contribution is 6.09. The van der Waals surface area contributed by atoms with E-state index in [0.717, 1.165) is 0 Å². The zero-order chi connectivity index (χ0) is 20.4. The fraction of sp³-hybridized carbons (Fsp3) is 0.0455. The van der Waals surface area contributed by atoms with Gasteiger partial charge in [-0.15, -0.1) is 0 Å². The van der Waals surface area contributed by atoms with Crippen molar-refractivity contribution in [2.75, 3.05) is 12.4 Å². The molecule has 6 nitrogen and oxygen atoms in total. The van der Waals surface area contributed by atoms with Crippen molar-refractivity contribution < 1.29 is 13.9 Å². The standard InChI is InChI=1S/C22H16FN3O3/c1-29-19-17-8-5-13-24-20(17)26(16-6-3-2-4-7-16)22(28)18(19)21(27)25-15-11-9-14(23)10-12-15/h2-13H,1H3,(H,25,27). The number of hydrogen-bond acceptors (Lipinski definition) is 4. The Balaban J connectivity index is 1.96. The van der Waals surface area contributed by atoms with Gasteiger partial charge in [-0.2, -0.15) is 0 Å². The first-order chi connectivity index (χ1) is 14.1. The van der Waals surface area contributed by atoms with Crippen molar-refractivity contribution >= 4 is 22.6 Å². The number of fused-ring (bicyclic) bond motifs is 1. The van der Waals surface area contributed by atoms with Gasteiger partial charge in [-0.05, 0) is 48.5 Å². The zero-order valence-corrected chi connectivity index (χ0v) is 15.4. The van der Waals surface area contributed by atoms with Crippen LogP contribution in [0, 0.1) is 5.82 Å². The van der Waals surface area contributed by atoms with E-state index in [0.29, 0.717) is 22.4 Å². The first kappa shape index (κ1) is 18.4. The summed E-state index contributed by atoms with van der Waals surface area (Å²) in [5, 5.41) is 3.14. The van der Waals surface area contributed by atoms with Gasteiger partial charge in [0.15, 0.2) is 5.65 Å². The van der Waals surface area contributed by atoms with Gasteiger partial charge in [0, 0.05) is 11.9 Å². The van der Waals surface area contributed by atoms with Crippen LogP contribution in [0.3, 0.4) is 0 Å². The van der Waals surface area contributed by atoms with Gasteiger partial charge in [0.2, 0.25) is 0 Å². The van der Waals surface area contributed by atoms with Gasteiger partial charge in [0.25, 0.3) is 11.5 Å². The molecule has 0 bridgehead atoms. The predicted octanol–water partition coefficient (Wildman–Crippen LogP) is 3.79. The van der Waals surface area contributed by atoms with E-state index in [9.17, 15) is 14.0 Å². The third-order valence-electron chi connectivity index (χ3n) is 4.43. The lowest BCUT2D eigenvalue weighted by atomic mass is 10.1. The van der Waals surface area contributed by atoms with Gasteiger partial charge in [-0.1, -0.05) is 18.2 Å². The number of anilines is 1. The normalized spacial score (nSPS) is 10.7. The van der Waals surface area contributed by atoms with Gasteiger partial charge in [0.05, 0.1) is 18.2 Å². The van der Waals surface area contributed by atoms with Crippen LogP contribution in [0.1, 0.15) is 10.4 Å². The number of nitrogens with one attached hydrogen (secondary N) is 1. The summed E-state index contributed by atoms with van der Waals surface area (Å²) in [5.41, 5.74) is 0.564. The minimum atomic E-state index is -0.658. The number of carbonyl (C=O) groups is 1. The molecule has 0 radical (unpaired) electrons. The molecule has 2 aromatic heterocycles. The number of rotatable bonds is 4. The number of nitrogens with zero attached hydrogens (tertiary/aromatic N) is 2. The van der Waals surface area contributed by atoms with Crippen LogP contribution in [0.15, 0.2) is 77.7 Å². The molecule has 0 spiro atoms. The van der Waals surface area contributed by atoms with Gasteiger partial charge in [-0.3, -0.25) is 14.2 Å². The summed E-state index contributed by atoms with van der Waals surface area (Å²) in [5.74, 6) is -0.956. The SMILES string of the molecule is COc1c(C(=O)Nc2ccc(F)cc2)c(=O)n(-c2ccccc2)c2ncccc12. The molecule has 0 fully saturated rings. The molecule has 2 aromatic carbocycles. The number of carbonyl (C=O) groups excluding carboxylic acids is 1. The highest BCUT2D eigenvalue weighted by Crippen LogP contribution is 2.28. The third-order valence-corrected chi connectivity index (χ3v) is 4.43. The number of benzene rings is 2. The Morgan fingerprint density at radius 1 is 1.03 bits per heavy atom. The Morgan fingerprint density at radius 3 is 2.45 bits per heavy atom. The van der Waals surface area contributed by atoms with Crippen molar-refractivity contribution in [2.24, 2.45) is 0 Å². The number of pyridine rings is 2. The molecule has 0 aliphatic heterocycles. The molecule has 1 amide bonds. The molecule has 0 saturated carbocycles. The van der Waals surface area contributed by atoms with E-state index in [1.807, 2.05) is 6.07 Å². The molecule has 0 unspecified atom stereocenters. The molecule has 4 rings (SSSR count). The van der Waals surface area contributed by atoms with E-state index in [1.54, 1.807) is 42.6 Å². The summed E-state index contributed by atoms with van der Waals surface area (Å²) in [4.78, 5) is 30.7. The number of methoxy groups -OCH3 is 1. The van der Waals surface area contributed by atoms with Crippen LogP contribution in [0.4, 0.5) is 10.1 Å². The van der Waals surface area contributed by atoms with Gasteiger partial charge >= 0.3 is 0 Å². The van der Waals surface area contributed by atoms with Crippen molar-refractivity contribution in [2.45, 2.75) is 0 Å². The van der Waals surface area contributed by atoms with E-state index in [2.05, 4.69) is 10.3 Å². The van der Waals surface area contributed by atoms with Crippen LogP contribution in [0.2, 0.25) is 0 Å². The van der Waals surface area contributed by atoms with Crippen LogP contribution in [-0.4, -0.2) is 22.6 Å². The molecule has 0 aliphatic carbocycles. The number of para-hydroxylation sites is 1. The molecular formula is C22H16FN3O3. The summed E-state index contributed by atoms with van der Waals surface area (Å²) in [7, 11) is 1.39. The van der Waals surface area contributed by atoms with E-state index < -0.39 is 17.3 Å². The minimum Gasteiger partial charge on any atom is -0.495 e. The minimum absolute atomic E-state index is 0.130. The molecule has 2 heterocycles. The summed E-state index contributed by atoms with van der Waals surface area (Å²) >= 11 is 0. The molecule has 4 aromatic rings. The second-order valence-electron chi connectivity index (χ2n) is 6.22. The number of halogens is 1. The second-order valence-corrected chi connectivity index (χ2v) is 6.22. The lowest BCUT2D eigenvalue weighted by Gasteiger charge is -2.16. The Hall–Kier alpha value is -4.00. The van der Waals surface area contributed by atoms with Crippen molar-refractivity contribution in [3.8, 4) is 11.4 Å². The average molecular weight is 389 g/mol. The quantitative estimate of drug-likeness (QED) is 0.576. The zero-order valence-electron chi connectivity index (χ0n) is 15.4. The summed E-state index contributed by atoms with van der Waals surface area (Å²) < 4.78 is 20.0. The van der Waals surface area contributed by atoms with Crippen LogP contribution < -0.4 is 15.6 Å². The maximum absolute atomic E-state index is 13.4.